The molecule has 26 heavy (non-hydrogen) atoms. The van der Waals surface area contributed by atoms with Crippen LogP contribution in [0.25, 0.3) is 21.7 Å². The van der Waals surface area contributed by atoms with Crippen LogP contribution < -0.4 is 5.32 Å². The molecular formula is C19H23N5OS. The zero-order chi connectivity index (χ0) is 18.1. The summed E-state index contributed by atoms with van der Waals surface area (Å²) in [4.78, 5) is 25.1. The van der Waals surface area contributed by atoms with Crippen LogP contribution in [-0.2, 0) is 11.3 Å². The number of hydrogen-bond donors (Lipinski definition) is 1. The van der Waals surface area contributed by atoms with Crippen LogP contribution in [0.2, 0.25) is 0 Å². The number of imidazole rings is 1. The van der Waals surface area contributed by atoms with Crippen molar-refractivity contribution in [1.82, 2.24) is 24.8 Å². The Balaban J connectivity index is 1.65. The van der Waals surface area contributed by atoms with Gasteiger partial charge in [0, 0.05) is 13.1 Å². The van der Waals surface area contributed by atoms with E-state index in [-0.39, 0.29) is 5.91 Å². The molecule has 0 aliphatic carbocycles. The third kappa shape index (κ3) is 3.12. The second-order valence-corrected chi connectivity index (χ2v) is 7.68. The molecule has 1 aliphatic rings. The van der Waals surface area contributed by atoms with Crippen LogP contribution in [0.4, 0.5) is 0 Å². The Morgan fingerprint density at radius 2 is 2.23 bits per heavy atom. The van der Waals surface area contributed by atoms with E-state index < -0.39 is 0 Å². The Hall–Kier alpha value is -2.25. The van der Waals surface area contributed by atoms with E-state index in [0.29, 0.717) is 12.5 Å². The van der Waals surface area contributed by atoms with Gasteiger partial charge in [0.2, 0.25) is 5.91 Å². The molecule has 1 N–H and O–H groups in total. The molecule has 1 saturated heterocycles. The van der Waals surface area contributed by atoms with Crippen LogP contribution in [0.15, 0.2) is 29.8 Å². The number of carbonyl (C=O) groups excluding carboxylic acids is 1. The van der Waals surface area contributed by atoms with Crippen molar-refractivity contribution >= 4 is 28.3 Å². The number of rotatable bonds is 5. The van der Waals surface area contributed by atoms with Gasteiger partial charge in [0.05, 0.1) is 27.1 Å². The number of aromatic nitrogens is 3. The van der Waals surface area contributed by atoms with Gasteiger partial charge in [-0.05, 0) is 45.0 Å². The maximum atomic E-state index is 13.0. The first kappa shape index (κ1) is 17.2. The van der Waals surface area contributed by atoms with E-state index in [1.165, 1.54) is 0 Å². The molecule has 0 bridgehead atoms. The van der Waals surface area contributed by atoms with Crippen molar-refractivity contribution in [1.29, 1.82) is 0 Å². The number of para-hydroxylation sites is 2. The van der Waals surface area contributed by atoms with Crippen molar-refractivity contribution in [3.05, 3.63) is 35.5 Å². The van der Waals surface area contributed by atoms with Gasteiger partial charge < -0.3 is 14.8 Å². The Labute approximate surface area is 156 Å². The highest BCUT2D eigenvalue weighted by Crippen LogP contribution is 2.30. The summed E-state index contributed by atoms with van der Waals surface area (Å²) in [5.41, 5.74) is 4.69. The molecule has 1 aromatic carbocycles. The summed E-state index contributed by atoms with van der Waals surface area (Å²) >= 11 is 1.57. The lowest BCUT2D eigenvalue weighted by atomic mass is 10.1. The molecule has 1 amide bonds. The lowest BCUT2D eigenvalue weighted by Crippen LogP contribution is -2.33. The van der Waals surface area contributed by atoms with Gasteiger partial charge in [0.25, 0.3) is 0 Å². The SMILES string of the molecule is CNCC1CCN(C(=O)Cn2c(-c3scnc3C)nc3ccccc32)C1. The monoisotopic (exact) mass is 369 g/mol. The van der Waals surface area contributed by atoms with Gasteiger partial charge in [-0.2, -0.15) is 0 Å². The topological polar surface area (TPSA) is 63.1 Å². The summed E-state index contributed by atoms with van der Waals surface area (Å²) in [6.45, 7) is 4.94. The first-order valence-corrected chi connectivity index (χ1v) is 9.83. The van der Waals surface area contributed by atoms with E-state index in [1.807, 2.05) is 53.2 Å². The summed E-state index contributed by atoms with van der Waals surface area (Å²) in [5.74, 6) is 1.55. The molecule has 1 fully saturated rings. The van der Waals surface area contributed by atoms with Gasteiger partial charge >= 0.3 is 0 Å². The van der Waals surface area contributed by atoms with Gasteiger partial charge in [-0.1, -0.05) is 12.1 Å². The lowest BCUT2D eigenvalue weighted by Gasteiger charge is -2.18. The second-order valence-electron chi connectivity index (χ2n) is 6.83. The number of likely N-dealkylation sites (tertiary alicyclic amines) is 1. The van der Waals surface area contributed by atoms with E-state index in [4.69, 9.17) is 4.98 Å². The average molecular weight is 369 g/mol. The van der Waals surface area contributed by atoms with Gasteiger partial charge in [-0.25, -0.2) is 9.97 Å². The summed E-state index contributed by atoms with van der Waals surface area (Å²) in [6, 6.07) is 8.00. The molecule has 0 radical (unpaired) electrons. The highest BCUT2D eigenvalue weighted by Gasteiger charge is 2.27. The normalized spacial score (nSPS) is 17.3. The van der Waals surface area contributed by atoms with Crippen LogP contribution in [0.1, 0.15) is 12.1 Å². The maximum absolute atomic E-state index is 13.0. The van der Waals surface area contributed by atoms with E-state index in [1.54, 1.807) is 11.3 Å². The molecule has 3 heterocycles. The quantitative estimate of drug-likeness (QED) is 0.751. The highest BCUT2D eigenvalue weighted by molar-refractivity contribution is 7.13. The van der Waals surface area contributed by atoms with Crippen molar-refractivity contribution in [2.45, 2.75) is 19.9 Å². The number of aryl methyl sites for hydroxylation is 1. The summed E-state index contributed by atoms with van der Waals surface area (Å²) in [5, 5.41) is 3.21. The zero-order valence-electron chi connectivity index (χ0n) is 15.1. The highest BCUT2D eigenvalue weighted by atomic mass is 32.1. The number of fused-ring (bicyclic) bond motifs is 1. The fourth-order valence-electron chi connectivity index (χ4n) is 3.68. The molecule has 4 rings (SSSR count). The molecular weight excluding hydrogens is 346 g/mol. The predicted octanol–water partition coefficient (Wildman–Crippen LogP) is 2.54. The summed E-state index contributed by atoms with van der Waals surface area (Å²) < 4.78 is 2.05. The van der Waals surface area contributed by atoms with Crippen molar-refractivity contribution in [3.8, 4) is 10.7 Å². The molecule has 3 aromatic rings. The smallest absolute Gasteiger partial charge is 0.242 e. The van der Waals surface area contributed by atoms with Crippen molar-refractivity contribution in [3.63, 3.8) is 0 Å². The number of thiazole rings is 1. The van der Waals surface area contributed by atoms with E-state index in [0.717, 1.165) is 53.5 Å². The number of nitrogens with zero attached hydrogens (tertiary/aromatic N) is 4. The second kappa shape index (κ2) is 7.17. The number of benzene rings is 1. The first-order valence-electron chi connectivity index (χ1n) is 8.95. The van der Waals surface area contributed by atoms with Crippen molar-refractivity contribution < 1.29 is 4.79 Å². The molecule has 7 heteroatoms. The predicted molar refractivity (Wildman–Crippen MR) is 104 cm³/mol. The molecule has 1 aliphatic heterocycles. The van der Waals surface area contributed by atoms with E-state index >= 15 is 0 Å². The van der Waals surface area contributed by atoms with Crippen LogP contribution in [0, 0.1) is 12.8 Å². The van der Waals surface area contributed by atoms with E-state index in [9.17, 15) is 4.79 Å². The van der Waals surface area contributed by atoms with Crippen LogP contribution >= 0.6 is 11.3 Å². The Bertz CT molecular complexity index is 931. The van der Waals surface area contributed by atoms with Gasteiger partial charge in [0.15, 0.2) is 5.82 Å². The minimum atomic E-state index is 0.162. The van der Waals surface area contributed by atoms with Crippen molar-refractivity contribution in [2.24, 2.45) is 5.92 Å². The molecule has 1 atom stereocenters. The molecule has 6 nitrogen and oxygen atoms in total. The largest absolute Gasteiger partial charge is 0.341 e. The number of carbonyl (C=O) groups is 1. The molecule has 1 unspecified atom stereocenters. The number of hydrogen-bond acceptors (Lipinski definition) is 5. The minimum absolute atomic E-state index is 0.162. The maximum Gasteiger partial charge on any atom is 0.242 e. The Morgan fingerprint density at radius 1 is 1.38 bits per heavy atom. The lowest BCUT2D eigenvalue weighted by molar-refractivity contribution is -0.130. The summed E-state index contributed by atoms with van der Waals surface area (Å²) in [6.07, 6.45) is 1.07. The fourth-order valence-corrected chi connectivity index (χ4v) is 4.48. The van der Waals surface area contributed by atoms with E-state index in [2.05, 4.69) is 10.3 Å². The van der Waals surface area contributed by atoms with Crippen LogP contribution in [0.5, 0.6) is 0 Å². The third-order valence-corrected chi connectivity index (χ3v) is 5.95. The first-order chi connectivity index (χ1) is 12.7. The van der Waals surface area contributed by atoms with Crippen molar-refractivity contribution in [2.75, 3.05) is 26.7 Å². The van der Waals surface area contributed by atoms with Crippen LogP contribution in [0.3, 0.4) is 0 Å². The standard InChI is InChI=1S/C19H23N5OS/c1-13-18(26-12-21-13)19-22-15-5-3-4-6-16(15)24(19)11-17(25)23-8-7-14(10-23)9-20-2/h3-6,12,14,20H,7-11H2,1-2H3. The number of nitrogens with one attached hydrogen (secondary N) is 1. The molecule has 2 aromatic heterocycles. The third-order valence-electron chi connectivity index (χ3n) is 5.03. The zero-order valence-corrected chi connectivity index (χ0v) is 15.9. The average Bonchev–Trinajstić information content (AvgIpc) is 3.34. The molecule has 136 valence electrons. The Morgan fingerprint density at radius 3 is 3.00 bits per heavy atom. The van der Waals surface area contributed by atoms with Gasteiger partial charge in [-0.15, -0.1) is 11.3 Å². The van der Waals surface area contributed by atoms with Gasteiger partial charge in [0.1, 0.15) is 6.54 Å². The minimum Gasteiger partial charge on any atom is -0.341 e. The Kier molecular flexibility index (Phi) is 4.74. The fraction of sp³-hybridized carbons (Fsp3) is 0.421. The summed E-state index contributed by atoms with van der Waals surface area (Å²) in [7, 11) is 1.96. The van der Waals surface area contributed by atoms with Gasteiger partial charge in [-0.3, -0.25) is 4.79 Å². The molecule has 0 saturated carbocycles. The van der Waals surface area contributed by atoms with Crippen LogP contribution in [-0.4, -0.2) is 52.0 Å². The number of amides is 1. The molecule has 0 spiro atoms.